The highest BCUT2D eigenvalue weighted by molar-refractivity contribution is 4.94. The van der Waals surface area contributed by atoms with Crippen LogP contribution in [-0.4, -0.2) is 47.8 Å². The summed E-state index contributed by atoms with van der Waals surface area (Å²) in [7, 11) is 0. The molecular weight excluding hydrogens is 200 g/mol. The van der Waals surface area contributed by atoms with Gasteiger partial charge in [0.15, 0.2) is 0 Å². The number of piperidine rings is 1. The molecule has 2 saturated heterocycles. The molecule has 2 aliphatic heterocycles. The molecular formula is C13H26N2O. The summed E-state index contributed by atoms with van der Waals surface area (Å²) in [5.74, 6) is 0.826. The van der Waals surface area contributed by atoms with Gasteiger partial charge in [0, 0.05) is 25.7 Å². The molecule has 2 atom stereocenters. The maximum Gasteiger partial charge on any atom is 0.0768 e. The third-order valence-corrected chi connectivity index (χ3v) is 4.51. The molecule has 0 aromatic heterocycles. The number of rotatable bonds is 4. The van der Waals surface area contributed by atoms with Crippen LogP contribution in [0.1, 0.15) is 39.5 Å². The Balaban J connectivity index is 1.88. The number of hydrogen-bond acceptors (Lipinski definition) is 3. The fourth-order valence-electron chi connectivity index (χ4n) is 3.15. The standard InChI is InChI=1S/C13H26N2O/c1-3-13(16,4-2)10-15-8-11-6-5-7-14-12(11)9-15/h11-12,14,16H,3-10H2,1-2H3/t11-,12+/m0/s1. The molecule has 0 spiro atoms. The predicted octanol–water partition coefficient (Wildman–Crippen LogP) is 1.22. The van der Waals surface area contributed by atoms with Crippen molar-refractivity contribution < 1.29 is 5.11 Å². The largest absolute Gasteiger partial charge is 0.389 e. The molecule has 3 nitrogen and oxygen atoms in total. The topological polar surface area (TPSA) is 35.5 Å². The fraction of sp³-hybridized carbons (Fsp3) is 1.00. The lowest BCUT2D eigenvalue weighted by molar-refractivity contribution is 0.00142. The highest BCUT2D eigenvalue weighted by Crippen LogP contribution is 2.27. The molecule has 0 radical (unpaired) electrons. The average molecular weight is 226 g/mol. The minimum atomic E-state index is -0.465. The number of nitrogens with zero attached hydrogens (tertiary/aromatic N) is 1. The highest BCUT2D eigenvalue weighted by atomic mass is 16.3. The number of hydrogen-bond donors (Lipinski definition) is 2. The van der Waals surface area contributed by atoms with E-state index in [1.165, 1.54) is 25.9 Å². The van der Waals surface area contributed by atoms with Gasteiger partial charge in [0.2, 0.25) is 0 Å². The second-order valence-electron chi connectivity index (χ2n) is 5.59. The number of β-amino-alcohol motifs (C(OH)–C–C–N with tert-alkyl or cyclic N) is 1. The first-order chi connectivity index (χ1) is 7.67. The molecule has 2 rings (SSSR count). The van der Waals surface area contributed by atoms with Crippen LogP contribution in [0.3, 0.4) is 0 Å². The van der Waals surface area contributed by atoms with Crippen molar-refractivity contribution in [1.29, 1.82) is 0 Å². The Labute approximate surface area is 99.2 Å². The van der Waals surface area contributed by atoms with Crippen molar-refractivity contribution in [1.82, 2.24) is 10.2 Å². The normalized spacial score (nSPS) is 31.7. The smallest absolute Gasteiger partial charge is 0.0768 e. The van der Waals surface area contributed by atoms with Crippen LogP contribution < -0.4 is 5.32 Å². The van der Waals surface area contributed by atoms with Gasteiger partial charge >= 0.3 is 0 Å². The van der Waals surface area contributed by atoms with E-state index < -0.39 is 5.60 Å². The highest BCUT2D eigenvalue weighted by Gasteiger charge is 2.37. The van der Waals surface area contributed by atoms with Gasteiger partial charge in [-0.2, -0.15) is 0 Å². The van der Waals surface area contributed by atoms with E-state index in [2.05, 4.69) is 24.1 Å². The van der Waals surface area contributed by atoms with Crippen molar-refractivity contribution in [2.75, 3.05) is 26.2 Å². The summed E-state index contributed by atoms with van der Waals surface area (Å²) < 4.78 is 0. The average Bonchev–Trinajstić information content (AvgIpc) is 2.70. The second kappa shape index (κ2) is 5.03. The minimum Gasteiger partial charge on any atom is -0.389 e. The molecule has 0 unspecified atom stereocenters. The van der Waals surface area contributed by atoms with E-state index in [0.29, 0.717) is 6.04 Å². The van der Waals surface area contributed by atoms with E-state index in [9.17, 15) is 5.11 Å². The molecule has 0 aromatic rings. The van der Waals surface area contributed by atoms with Crippen LogP contribution in [0, 0.1) is 5.92 Å². The molecule has 3 heteroatoms. The Bertz CT molecular complexity index is 214. The van der Waals surface area contributed by atoms with E-state index >= 15 is 0 Å². The fourth-order valence-corrected chi connectivity index (χ4v) is 3.15. The zero-order valence-corrected chi connectivity index (χ0v) is 10.7. The molecule has 2 fully saturated rings. The SMILES string of the molecule is CCC(O)(CC)CN1C[C@@H]2CCCN[C@@H]2C1. The first-order valence-corrected chi connectivity index (χ1v) is 6.85. The summed E-state index contributed by atoms with van der Waals surface area (Å²) in [4.78, 5) is 2.46. The van der Waals surface area contributed by atoms with Gasteiger partial charge in [-0.25, -0.2) is 0 Å². The van der Waals surface area contributed by atoms with Gasteiger partial charge in [0.05, 0.1) is 5.60 Å². The third kappa shape index (κ3) is 2.58. The van der Waals surface area contributed by atoms with Crippen LogP contribution in [-0.2, 0) is 0 Å². The Morgan fingerprint density at radius 3 is 2.69 bits per heavy atom. The summed E-state index contributed by atoms with van der Waals surface area (Å²) in [6.45, 7) is 8.53. The summed E-state index contributed by atoms with van der Waals surface area (Å²) in [5, 5.41) is 14.0. The minimum absolute atomic E-state index is 0.465. The molecule has 94 valence electrons. The van der Waals surface area contributed by atoms with Crippen LogP contribution in [0.5, 0.6) is 0 Å². The van der Waals surface area contributed by atoms with Gasteiger partial charge in [-0.05, 0) is 38.1 Å². The Morgan fingerprint density at radius 2 is 2.06 bits per heavy atom. The number of likely N-dealkylation sites (tertiary alicyclic amines) is 1. The molecule has 0 aliphatic carbocycles. The van der Waals surface area contributed by atoms with Gasteiger partial charge < -0.3 is 10.4 Å². The molecule has 0 saturated carbocycles. The molecule has 0 bridgehead atoms. The lowest BCUT2D eigenvalue weighted by Gasteiger charge is -2.30. The van der Waals surface area contributed by atoms with Crippen molar-refractivity contribution in [3.05, 3.63) is 0 Å². The predicted molar refractivity (Wildman–Crippen MR) is 66.5 cm³/mol. The van der Waals surface area contributed by atoms with Crippen molar-refractivity contribution in [3.63, 3.8) is 0 Å². The zero-order chi connectivity index (χ0) is 11.6. The van der Waals surface area contributed by atoms with Gasteiger partial charge in [-0.1, -0.05) is 13.8 Å². The van der Waals surface area contributed by atoms with Crippen molar-refractivity contribution in [2.45, 2.75) is 51.2 Å². The van der Waals surface area contributed by atoms with E-state index in [-0.39, 0.29) is 0 Å². The molecule has 2 aliphatic rings. The van der Waals surface area contributed by atoms with E-state index in [1.54, 1.807) is 0 Å². The lowest BCUT2D eigenvalue weighted by atomic mass is 9.94. The molecule has 0 amide bonds. The van der Waals surface area contributed by atoms with Gasteiger partial charge in [0.1, 0.15) is 0 Å². The van der Waals surface area contributed by atoms with Crippen LogP contribution in [0.15, 0.2) is 0 Å². The molecule has 0 aromatic carbocycles. The third-order valence-electron chi connectivity index (χ3n) is 4.51. The Morgan fingerprint density at radius 1 is 1.31 bits per heavy atom. The number of nitrogens with one attached hydrogen (secondary N) is 1. The maximum atomic E-state index is 10.4. The maximum absolute atomic E-state index is 10.4. The summed E-state index contributed by atoms with van der Waals surface area (Å²) in [6.07, 6.45) is 4.41. The first-order valence-electron chi connectivity index (χ1n) is 6.85. The van der Waals surface area contributed by atoms with E-state index in [1.807, 2.05) is 0 Å². The zero-order valence-electron chi connectivity index (χ0n) is 10.7. The quantitative estimate of drug-likeness (QED) is 0.756. The molecule has 2 heterocycles. The van der Waals surface area contributed by atoms with Crippen LogP contribution >= 0.6 is 0 Å². The van der Waals surface area contributed by atoms with Gasteiger partial charge in [-0.15, -0.1) is 0 Å². The van der Waals surface area contributed by atoms with Gasteiger partial charge in [-0.3, -0.25) is 4.90 Å². The lowest BCUT2D eigenvalue weighted by Crippen LogP contribution is -2.43. The monoisotopic (exact) mass is 226 g/mol. The Hall–Kier alpha value is -0.120. The van der Waals surface area contributed by atoms with Crippen molar-refractivity contribution >= 4 is 0 Å². The number of fused-ring (bicyclic) bond motifs is 1. The van der Waals surface area contributed by atoms with Crippen molar-refractivity contribution in [3.8, 4) is 0 Å². The van der Waals surface area contributed by atoms with Crippen molar-refractivity contribution in [2.24, 2.45) is 5.92 Å². The summed E-state index contributed by atoms with van der Waals surface area (Å²) in [5.41, 5.74) is -0.465. The van der Waals surface area contributed by atoms with Crippen LogP contribution in [0.25, 0.3) is 0 Å². The van der Waals surface area contributed by atoms with Gasteiger partial charge in [0.25, 0.3) is 0 Å². The summed E-state index contributed by atoms with van der Waals surface area (Å²) >= 11 is 0. The summed E-state index contributed by atoms with van der Waals surface area (Å²) in [6, 6.07) is 0.687. The van der Waals surface area contributed by atoms with E-state index in [0.717, 1.165) is 31.8 Å². The Kier molecular flexibility index (Phi) is 3.88. The molecule has 16 heavy (non-hydrogen) atoms. The number of aliphatic hydroxyl groups is 1. The van der Waals surface area contributed by atoms with E-state index in [4.69, 9.17) is 0 Å². The van der Waals surface area contributed by atoms with Crippen LogP contribution in [0.2, 0.25) is 0 Å². The molecule has 2 N–H and O–H groups in total. The first kappa shape index (κ1) is 12.3. The second-order valence-corrected chi connectivity index (χ2v) is 5.59. The van der Waals surface area contributed by atoms with Crippen LogP contribution in [0.4, 0.5) is 0 Å².